The van der Waals surface area contributed by atoms with Gasteiger partial charge in [0.05, 0.1) is 6.61 Å². The molecule has 0 radical (unpaired) electrons. The fourth-order valence-corrected chi connectivity index (χ4v) is 1.86. The Morgan fingerprint density at radius 1 is 1.35 bits per heavy atom. The van der Waals surface area contributed by atoms with Crippen molar-refractivity contribution in [3.8, 4) is 5.75 Å². The minimum absolute atomic E-state index is 0.158. The van der Waals surface area contributed by atoms with E-state index < -0.39 is 0 Å². The van der Waals surface area contributed by atoms with Gasteiger partial charge < -0.3 is 14.9 Å². The Labute approximate surface area is 102 Å². The van der Waals surface area contributed by atoms with Crippen molar-refractivity contribution < 1.29 is 9.15 Å². The Hall–Kier alpha value is -1.48. The van der Waals surface area contributed by atoms with E-state index in [9.17, 15) is 0 Å². The molecule has 1 aromatic carbocycles. The van der Waals surface area contributed by atoms with E-state index in [2.05, 4.69) is 6.92 Å². The highest BCUT2D eigenvalue weighted by atomic mass is 16.5. The van der Waals surface area contributed by atoms with Crippen molar-refractivity contribution in [2.75, 3.05) is 6.61 Å². The van der Waals surface area contributed by atoms with Crippen LogP contribution in [-0.2, 0) is 6.42 Å². The lowest BCUT2D eigenvalue weighted by Gasteiger charge is -2.05. The number of furan rings is 1. The molecule has 3 heteroatoms. The van der Waals surface area contributed by atoms with Gasteiger partial charge in [-0.3, -0.25) is 0 Å². The molecule has 0 spiro atoms. The first kappa shape index (κ1) is 12.0. The van der Waals surface area contributed by atoms with E-state index in [1.165, 1.54) is 0 Å². The Kier molecular flexibility index (Phi) is 3.69. The number of hydrogen-bond acceptors (Lipinski definition) is 3. The van der Waals surface area contributed by atoms with E-state index in [0.717, 1.165) is 35.3 Å². The third-order valence-corrected chi connectivity index (χ3v) is 2.85. The van der Waals surface area contributed by atoms with Crippen molar-refractivity contribution in [2.45, 2.75) is 32.7 Å². The van der Waals surface area contributed by atoms with Crippen LogP contribution < -0.4 is 10.5 Å². The maximum Gasteiger partial charge on any atom is 0.176 e. The number of rotatable bonds is 5. The largest absolute Gasteiger partial charge is 0.490 e. The van der Waals surface area contributed by atoms with Crippen LogP contribution in [0.2, 0.25) is 0 Å². The van der Waals surface area contributed by atoms with Gasteiger partial charge >= 0.3 is 0 Å². The molecule has 0 aliphatic heterocycles. The summed E-state index contributed by atoms with van der Waals surface area (Å²) in [5.41, 5.74) is 6.76. The molecule has 0 amide bonds. The predicted molar refractivity (Wildman–Crippen MR) is 69.4 cm³/mol. The Balaban J connectivity index is 2.32. The summed E-state index contributed by atoms with van der Waals surface area (Å²) in [5.74, 6) is 1.74. The summed E-state index contributed by atoms with van der Waals surface area (Å²) in [4.78, 5) is 0. The van der Waals surface area contributed by atoms with Crippen molar-refractivity contribution in [3.63, 3.8) is 0 Å². The Bertz CT molecular complexity index is 490. The first-order chi connectivity index (χ1) is 8.24. The third kappa shape index (κ3) is 2.61. The highest BCUT2D eigenvalue weighted by molar-refractivity contribution is 5.83. The SMILES string of the molecule is CCOc1cccc2cc(CC(N)CC)oc12. The highest BCUT2D eigenvalue weighted by Gasteiger charge is 2.10. The Morgan fingerprint density at radius 3 is 2.88 bits per heavy atom. The van der Waals surface area contributed by atoms with Gasteiger partial charge in [0.2, 0.25) is 0 Å². The molecule has 92 valence electrons. The second kappa shape index (κ2) is 5.23. The maximum absolute atomic E-state index is 5.93. The fraction of sp³-hybridized carbons (Fsp3) is 0.429. The van der Waals surface area contributed by atoms with Gasteiger partial charge in [0.15, 0.2) is 11.3 Å². The predicted octanol–water partition coefficient (Wildman–Crippen LogP) is 3.11. The molecule has 0 bridgehead atoms. The quantitative estimate of drug-likeness (QED) is 0.863. The zero-order chi connectivity index (χ0) is 12.3. The number of ether oxygens (including phenoxy) is 1. The second-order valence-electron chi connectivity index (χ2n) is 4.19. The van der Waals surface area contributed by atoms with Crippen molar-refractivity contribution in [1.82, 2.24) is 0 Å². The zero-order valence-electron chi connectivity index (χ0n) is 10.4. The minimum atomic E-state index is 0.158. The van der Waals surface area contributed by atoms with Crippen molar-refractivity contribution in [2.24, 2.45) is 5.73 Å². The molecule has 1 unspecified atom stereocenters. The van der Waals surface area contributed by atoms with E-state index in [0.29, 0.717) is 6.61 Å². The van der Waals surface area contributed by atoms with E-state index in [1.807, 2.05) is 31.2 Å². The molecule has 0 saturated carbocycles. The maximum atomic E-state index is 5.93. The van der Waals surface area contributed by atoms with Crippen LogP contribution in [0.25, 0.3) is 11.0 Å². The van der Waals surface area contributed by atoms with Crippen LogP contribution in [0.15, 0.2) is 28.7 Å². The van der Waals surface area contributed by atoms with Crippen LogP contribution in [0.5, 0.6) is 5.75 Å². The van der Waals surface area contributed by atoms with Gasteiger partial charge in [0.1, 0.15) is 5.76 Å². The van der Waals surface area contributed by atoms with Crippen LogP contribution in [-0.4, -0.2) is 12.6 Å². The first-order valence-electron chi connectivity index (χ1n) is 6.14. The summed E-state index contributed by atoms with van der Waals surface area (Å²) in [5, 5.41) is 1.08. The van der Waals surface area contributed by atoms with Crippen molar-refractivity contribution in [3.05, 3.63) is 30.0 Å². The molecule has 1 heterocycles. The number of benzene rings is 1. The lowest BCUT2D eigenvalue weighted by atomic mass is 10.1. The summed E-state index contributed by atoms with van der Waals surface area (Å²) in [6.07, 6.45) is 1.73. The van der Waals surface area contributed by atoms with Gasteiger partial charge in [-0.25, -0.2) is 0 Å². The van der Waals surface area contributed by atoms with Crippen LogP contribution in [0, 0.1) is 0 Å². The molecule has 0 fully saturated rings. The number of nitrogens with two attached hydrogens (primary N) is 1. The number of hydrogen-bond donors (Lipinski definition) is 1. The van der Waals surface area contributed by atoms with Gasteiger partial charge in [0, 0.05) is 17.8 Å². The van der Waals surface area contributed by atoms with Gasteiger partial charge in [-0.15, -0.1) is 0 Å². The monoisotopic (exact) mass is 233 g/mol. The number of para-hydroxylation sites is 1. The summed E-state index contributed by atoms with van der Waals surface area (Å²) >= 11 is 0. The van der Waals surface area contributed by atoms with Gasteiger partial charge in [-0.2, -0.15) is 0 Å². The minimum Gasteiger partial charge on any atom is -0.490 e. The number of fused-ring (bicyclic) bond motifs is 1. The van der Waals surface area contributed by atoms with Crippen LogP contribution in [0.1, 0.15) is 26.0 Å². The summed E-state index contributed by atoms with van der Waals surface area (Å²) in [6.45, 7) is 4.69. The van der Waals surface area contributed by atoms with Gasteiger partial charge in [-0.05, 0) is 25.5 Å². The molecule has 3 nitrogen and oxygen atoms in total. The third-order valence-electron chi connectivity index (χ3n) is 2.85. The van der Waals surface area contributed by atoms with Crippen LogP contribution in [0.3, 0.4) is 0 Å². The lowest BCUT2D eigenvalue weighted by Crippen LogP contribution is -2.20. The fourth-order valence-electron chi connectivity index (χ4n) is 1.86. The average molecular weight is 233 g/mol. The van der Waals surface area contributed by atoms with E-state index in [4.69, 9.17) is 14.9 Å². The van der Waals surface area contributed by atoms with Gasteiger partial charge in [0.25, 0.3) is 0 Å². The summed E-state index contributed by atoms with van der Waals surface area (Å²) in [6, 6.07) is 8.15. The molecule has 2 N–H and O–H groups in total. The summed E-state index contributed by atoms with van der Waals surface area (Å²) in [7, 11) is 0. The van der Waals surface area contributed by atoms with Crippen molar-refractivity contribution in [1.29, 1.82) is 0 Å². The second-order valence-corrected chi connectivity index (χ2v) is 4.19. The molecular formula is C14H19NO2. The molecule has 1 atom stereocenters. The van der Waals surface area contributed by atoms with E-state index >= 15 is 0 Å². The molecule has 17 heavy (non-hydrogen) atoms. The smallest absolute Gasteiger partial charge is 0.176 e. The molecule has 2 aromatic rings. The molecule has 1 aromatic heterocycles. The molecule has 0 aliphatic rings. The van der Waals surface area contributed by atoms with Crippen LogP contribution in [0.4, 0.5) is 0 Å². The van der Waals surface area contributed by atoms with Crippen molar-refractivity contribution >= 4 is 11.0 Å². The average Bonchev–Trinajstić information content (AvgIpc) is 2.72. The Morgan fingerprint density at radius 2 is 2.18 bits per heavy atom. The van der Waals surface area contributed by atoms with Gasteiger partial charge in [-0.1, -0.05) is 19.1 Å². The lowest BCUT2D eigenvalue weighted by molar-refractivity contribution is 0.337. The van der Waals surface area contributed by atoms with E-state index in [1.54, 1.807) is 0 Å². The first-order valence-corrected chi connectivity index (χ1v) is 6.14. The summed E-state index contributed by atoms with van der Waals surface area (Å²) < 4.78 is 11.4. The van der Waals surface area contributed by atoms with E-state index in [-0.39, 0.29) is 6.04 Å². The molecule has 0 saturated heterocycles. The molecule has 0 aliphatic carbocycles. The highest BCUT2D eigenvalue weighted by Crippen LogP contribution is 2.29. The molecular weight excluding hydrogens is 214 g/mol. The normalized spacial score (nSPS) is 12.9. The topological polar surface area (TPSA) is 48.4 Å². The standard InChI is InChI=1S/C14H19NO2/c1-3-11(15)9-12-8-10-6-5-7-13(16-4-2)14(10)17-12/h5-8,11H,3-4,9,15H2,1-2H3. The zero-order valence-corrected chi connectivity index (χ0v) is 10.4. The molecule has 2 rings (SSSR count). The van der Waals surface area contributed by atoms with Crippen LogP contribution >= 0.6 is 0 Å².